The van der Waals surface area contributed by atoms with E-state index in [9.17, 15) is 26.4 Å². The number of rotatable bonds is 5. The number of carbonyl (C=O) groups is 1. The number of carbonyl (C=O) groups excluding carboxylic acids is 1. The number of amides is 1. The average Bonchev–Trinajstić information content (AvgIpc) is 3.08. The minimum absolute atomic E-state index is 0.0961. The SMILES string of the molecule is COc1ccc(N2CCC3(CCCN(S(=O)(=O)c4ccccc4OC(F)(F)F)C3)C2=O)cc1. The molecule has 1 amide bonds. The van der Waals surface area contributed by atoms with Crippen LogP contribution in [0, 0.1) is 5.41 Å². The third-order valence-electron chi connectivity index (χ3n) is 6.13. The van der Waals surface area contributed by atoms with Crippen molar-refractivity contribution in [2.75, 3.05) is 31.6 Å². The van der Waals surface area contributed by atoms with E-state index in [1.54, 1.807) is 36.3 Å². The molecule has 2 heterocycles. The maximum Gasteiger partial charge on any atom is 0.573 e. The molecule has 4 rings (SSSR count). The number of piperidine rings is 1. The van der Waals surface area contributed by atoms with E-state index in [0.29, 0.717) is 37.2 Å². The number of halogens is 3. The first-order valence-electron chi connectivity index (χ1n) is 10.4. The third kappa shape index (κ3) is 4.51. The predicted molar refractivity (Wildman–Crippen MR) is 114 cm³/mol. The van der Waals surface area contributed by atoms with Crippen molar-refractivity contribution in [3.63, 3.8) is 0 Å². The quantitative estimate of drug-likeness (QED) is 0.645. The van der Waals surface area contributed by atoms with Gasteiger partial charge in [0.15, 0.2) is 0 Å². The van der Waals surface area contributed by atoms with E-state index >= 15 is 0 Å². The van der Waals surface area contributed by atoms with Gasteiger partial charge in [-0.05, 0) is 55.7 Å². The first kappa shape index (κ1) is 23.4. The number of ether oxygens (including phenoxy) is 2. The largest absolute Gasteiger partial charge is 0.573 e. The van der Waals surface area contributed by atoms with Crippen molar-refractivity contribution in [3.05, 3.63) is 48.5 Å². The fourth-order valence-corrected chi connectivity index (χ4v) is 6.19. The minimum Gasteiger partial charge on any atom is -0.497 e. The van der Waals surface area contributed by atoms with Crippen LogP contribution in [0.2, 0.25) is 0 Å². The molecule has 0 bridgehead atoms. The number of alkyl halides is 3. The highest BCUT2D eigenvalue weighted by Gasteiger charge is 2.51. The molecule has 1 unspecified atom stereocenters. The lowest BCUT2D eigenvalue weighted by molar-refractivity contribution is -0.275. The van der Waals surface area contributed by atoms with Crippen LogP contribution in [-0.4, -0.2) is 51.7 Å². The van der Waals surface area contributed by atoms with Gasteiger partial charge in [-0.2, -0.15) is 4.31 Å². The van der Waals surface area contributed by atoms with Crippen molar-refractivity contribution >= 4 is 21.6 Å². The number of nitrogens with zero attached hydrogens (tertiary/aromatic N) is 2. The highest BCUT2D eigenvalue weighted by molar-refractivity contribution is 7.89. The van der Waals surface area contributed by atoms with Crippen molar-refractivity contribution in [1.82, 2.24) is 4.31 Å². The summed E-state index contributed by atoms with van der Waals surface area (Å²) in [6, 6.07) is 11.7. The molecule has 2 aliphatic heterocycles. The molecule has 2 aromatic rings. The normalized spacial score (nSPS) is 22.1. The van der Waals surface area contributed by atoms with Gasteiger partial charge in [0, 0.05) is 25.3 Å². The van der Waals surface area contributed by atoms with E-state index < -0.39 is 32.4 Å². The van der Waals surface area contributed by atoms with Crippen LogP contribution < -0.4 is 14.4 Å². The molecule has 1 atom stereocenters. The summed E-state index contributed by atoms with van der Waals surface area (Å²) in [5.41, 5.74) is -0.244. The highest BCUT2D eigenvalue weighted by Crippen LogP contribution is 2.44. The van der Waals surface area contributed by atoms with Gasteiger partial charge in [0.25, 0.3) is 0 Å². The molecule has 2 aliphatic rings. The second-order valence-electron chi connectivity index (χ2n) is 8.12. The van der Waals surface area contributed by atoms with Gasteiger partial charge in [0.05, 0.1) is 12.5 Å². The molecule has 2 saturated heterocycles. The second kappa shape index (κ2) is 8.53. The van der Waals surface area contributed by atoms with E-state index in [0.717, 1.165) is 16.4 Å². The Morgan fingerprint density at radius 2 is 1.70 bits per heavy atom. The monoisotopic (exact) mass is 484 g/mol. The zero-order valence-electron chi connectivity index (χ0n) is 17.8. The van der Waals surface area contributed by atoms with Crippen LogP contribution in [0.1, 0.15) is 19.3 Å². The molecule has 2 aromatic carbocycles. The zero-order chi connectivity index (χ0) is 23.9. The summed E-state index contributed by atoms with van der Waals surface area (Å²) in [7, 11) is -2.78. The summed E-state index contributed by atoms with van der Waals surface area (Å²) >= 11 is 0. The molecule has 1 spiro atoms. The Bertz CT molecular complexity index is 1140. The first-order chi connectivity index (χ1) is 15.6. The molecule has 7 nitrogen and oxygen atoms in total. The number of sulfonamides is 1. The van der Waals surface area contributed by atoms with Crippen molar-refractivity contribution in [2.24, 2.45) is 5.41 Å². The Balaban J connectivity index is 1.59. The number of hydrogen-bond donors (Lipinski definition) is 0. The fraction of sp³-hybridized carbons (Fsp3) is 0.409. The van der Waals surface area contributed by atoms with E-state index in [2.05, 4.69) is 4.74 Å². The summed E-state index contributed by atoms with van der Waals surface area (Å²) < 4.78 is 75.2. The van der Waals surface area contributed by atoms with Crippen molar-refractivity contribution in [3.8, 4) is 11.5 Å². The molecule has 178 valence electrons. The third-order valence-corrected chi connectivity index (χ3v) is 8.02. The number of para-hydroxylation sites is 1. The van der Waals surface area contributed by atoms with Gasteiger partial charge in [-0.3, -0.25) is 4.79 Å². The Kier molecular flexibility index (Phi) is 6.04. The van der Waals surface area contributed by atoms with Crippen LogP contribution in [0.25, 0.3) is 0 Å². The van der Waals surface area contributed by atoms with E-state index in [1.807, 2.05) is 0 Å². The van der Waals surface area contributed by atoms with Crippen molar-refractivity contribution in [2.45, 2.75) is 30.5 Å². The second-order valence-corrected chi connectivity index (χ2v) is 10.0. The van der Waals surface area contributed by atoms with Crippen LogP contribution in [0.4, 0.5) is 18.9 Å². The Labute approximate surface area is 189 Å². The van der Waals surface area contributed by atoms with Gasteiger partial charge in [-0.1, -0.05) is 12.1 Å². The first-order valence-corrected chi connectivity index (χ1v) is 11.8. The van der Waals surface area contributed by atoms with Gasteiger partial charge in [0.1, 0.15) is 16.4 Å². The van der Waals surface area contributed by atoms with Crippen LogP contribution >= 0.6 is 0 Å². The molecule has 2 fully saturated rings. The molecule has 33 heavy (non-hydrogen) atoms. The maximum atomic E-state index is 13.4. The van der Waals surface area contributed by atoms with Crippen LogP contribution in [0.15, 0.2) is 53.4 Å². The predicted octanol–water partition coefficient (Wildman–Crippen LogP) is 3.80. The summed E-state index contributed by atoms with van der Waals surface area (Å²) in [4.78, 5) is 14.4. The van der Waals surface area contributed by atoms with Gasteiger partial charge < -0.3 is 14.4 Å². The molecule has 11 heteroatoms. The van der Waals surface area contributed by atoms with Crippen molar-refractivity contribution < 1.29 is 35.9 Å². The van der Waals surface area contributed by atoms with Crippen LogP contribution in [-0.2, 0) is 14.8 Å². The number of methoxy groups -OCH3 is 1. The number of hydrogen-bond acceptors (Lipinski definition) is 5. The minimum atomic E-state index is -5.03. The van der Waals surface area contributed by atoms with E-state index in [4.69, 9.17) is 4.74 Å². The topological polar surface area (TPSA) is 76.2 Å². The van der Waals surface area contributed by atoms with Crippen LogP contribution in [0.5, 0.6) is 11.5 Å². The lowest BCUT2D eigenvalue weighted by Crippen LogP contribution is -2.49. The Hall–Kier alpha value is -2.79. The Morgan fingerprint density at radius 3 is 2.36 bits per heavy atom. The standard InChI is InChI=1S/C22H23F3N2O5S/c1-31-17-9-7-16(8-10-17)27-14-12-21(20(27)28)11-4-13-26(15-21)33(29,30)19-6-3-2-5-18(19)32-22(23,24)25/h2-3,5-10H,4,11-15H2,1H3. The summed E-state index contributed by atoms with van der Waals surface area (Å²) in [6.07, 6.45) is -3.66. The summed E-state index contributed by atoms with van der Waals surface area (Å²) in [5.74, 6) is -0.329. The van der Waals surface area contributed by atoms with Crippen LogP contribution in [0.3, 0.4) is 0 Å². The summed E-state index contributed by atoms with van der Waals surface area (Å²) in [5, 5.41) is 0. The lowest BCUT2D eigenvalue weighted by atomic mass is 9.79. The molecule has 0 radical (unpaired) electrons. The average molecular weight is 484 g/mol. The molecular formula is C22H23F3N2O5S. The van der Waals surface area contributed by atoms with E-state index in [-0.39, 0.29) is 19.0 Å². The van der Waals surface area contributed by atoms with Gasteiger partial charge in [-0.15, -0.1) is 13.2 Å². The maximum absolute atomic E-state index is 13.4. The van der Waals surface area contributed by atoms with Gasteiger partial charge in [-0.25, -0.2) is 8.42 Å². The van der Waals surface area contributed by atoms with Gasteiger partial charge in [0.2, 0.25) is 15.9 Å². The number of benzene rings is 2. The lowest BCUT2D eigenvalue weighted by Gasteiger charge is -2.38. The molecule has 0 saturated carbocycles. The fourth-order valence-electron chi connectivity index (χ4n) is 4.51. The number of anilines is 1. The zero-order valence-corrected chi connectivity index (χ0v) is 18.7. The van der Waals surface area contributed by atoms with Gasteiger partial charge >= 0.3 is 6.36 Å². The molecule has 0 N–H and O–H groups in total. The molecule has 0 aromatic heterocycles. The molecular weight excluding hydrogens is 461 g/mol. The van der Waals surface area contributed by atoms with Crippen molar-refractivity contribution in [1.29, 1.82) is 0 Å². The van der Waals surface area contributed by atoms with E-state index in [1.165, 1.54) is 12.1 Å². The summed E-state index contributed by atoms with van der Waals surface area (Å²) in [6.45, 7) is 0.439. The highest BCUT2D eigenvalue weighted by atomic mass is 32.2. The molecule has 0 aliphatic carbocycles. The smallest absolute Gasteiger partial charge is 0.497 e. The Morgan fingerprint density at radius 1 is 1.00 bits per heavy atom.